The van der Waals surface area contributed by atoms with Crippen LogP contribution in [-0.4, -0.2) is 53.5 Å². The number of rotatable bonds is 8. The van der Waals surface area contributed by atoms with Gasteiger partial charge in [-0.15, -0.1) is 0 Å². The molecule has 0 bridgehead atoms. The van der Waals surface area contributed by atoms with E-state index in [1.54, 1.807) is 0 Å². The van der Waals surface area contributed by atoms with Crippen LogP contribution in [0.3, 0.4) is 0 Å². The van der Waals surface area contributed by atoms with Gasteiger partial charge < -0.3 is 25.6 Å². The van der Waals surface area contributed by atoms with Gasteiger partial charge in [-0.1, -0.05) is 55.0 Å². The number of carbonyl (C=O) groups is 3. The SMILES string of the molecule is CC(CO)(NC(=O)C1(CNC(=O)OCC2c3ccccc3-c3ccccc32)CC12CCC2)C(=O)O. The number of fused-ring (bicyclic) bond motifs is 3. The molecule has 184 valence electrons. The van der Waals surface area contributed by atoms with Crippen molar-refractivity contribution in [3.05, 3.63) is 59.7 Å². The van der Waals surface area contributed by atoms with Gasteiger partial charge in [-0.2, -0.15) is 0 Å². The lowest BCUT2D eigenvalue weighted by atomic mass is 9.74. The van der Waals surface area contributed by atoms with E-state index in [1.807, 2.05) is 36.4 Å². The minimum Gasteiger partial charge on any atom is -0.479 e. The van der Waals surface area contributed by atoms with Crippen LogP contribution in [0.5, 0.6) is 0 Å². The Kier molecular flexibility index (Phi) is 5.59. The second kappa shape index (κ2) is 8.37. The Balaban J connectivity index is 1.24. The van der Waals surface area contributed by atoms with Gasteiger partial charge in [0.15, 0.2) is 5.54 Å². The molecule has 35 heavy (non-hydrogen) atoms. The molecule has 8 nitrogen and oxygen atoms in total. The van der Waals surface area contributed by atoms with Crippen molar-refractivity contribution in [1.29, 1.82) is 0 Å². The van der Waals surface area contributed by atoms with Gasteiger partial charge in [0.05, 0.1) is 12.0 Å². The highest BCUT2D eigenvalue weighted by Crippen LogP contribution is 2.73. The number of amides is 2. The maximum atomic E-state index is 13.2. The first-order chi connectivity index (χ1) is 16.8. The summed E-state index contributed by atoms with van der Waals surface area (Å²) >= 11 is 0. The predicted octanol–water partition coefficient (Wildman–Crippen LogP) is 3.04. The lowest BCUT2D eigenvalue weighted by Gasteiger charge is -2.34. The third kappa shape index (κ3) is 3.67. The maximum absolute atomic E-state index is 13.2. The van der Waals surface area contributed by atoms with Crippen LogP contribution < -0.4 is 10.6 Å². The Morgan fingerprint density at radius 3 is 2.14 bits per heavy atom. The summed E-state index contributed by atoms with van der Waals surface area (Å²) in [7, 11) is 0. The van der Waals surface area contributed by atoms with Crippen LogP contribution in [0.15, 0.2) is 48.5 Å². The van der Waals surface area contributed by atoms with E-state index < -0.39 is 35.5 Å². The molecule has 2 atom stereocenters. The standard InChI is InChI=1S/C27H30N2O6/c1-25(16-30,23(32)33)29-22(31)27(14-26(27)11-6-12-26)15-28-24(34)35-13-21-19-9-4-2-7-17(19)18-8-3-5-10-20(18)21/h2-5,7-10,21,30H,6,11-16H2,1H3,(H,28,34)(H,29,31)(H,32,33). The largest absolute Gasteiger partial charge is 0.479 e. The van der Waals surface area contributed by atoms with Crippen LogP contribution in [0.4, 0.5) is 4.79 Å². The van der Waals surface area contributed by atoms with Crippen molar-refractivity contribution < 1.29 is 29.3 Å². The van der Waals surface area contributed by atoms with Crippen LogP contribution in [0.2, 0.25) is 0 Å². The fourth-order valence-electron chi connectivity index (χ4n) is 5.85. The molecule has 2 saturated carbocycles. The summed E-state index contributed by atoms with van der Waals surface area (Å²) in [5, 5.41) is 24.2. The van der Waals surface area contributed by atoms with Crippen LogP contribution in [0, 0.1) is 10.8 Å². The van der Waals surface area contributed by atoms with E-state index in [2.05, 4.69) is 22.8 Å². The van der Waals surface area contributed by atoms with E-state index in [1.165, 1.54) is 6.92 Å². The summed E-state index contributed by atoms with van der Waals surface area (Å²) in [6.45, 7) is 0.787. The van der Waals surface area contributed by atoms with Gasteiger partial charge in [0.25, 0.3) is 0 Å². The van der Waals surface area contributed by atoms with E-state index in [-0.39, 0.29) is 24.5 Å². The number of carboxylic acid groups (broad SMARTS) is 1. The zero-order chi connectivity index (χ0) is 24.8. The molecule has 8 heteroatoms. The number of carbonyl (C=O) groups excluding carboxylic acids is 2. The summed E-state index contributed by atoms with van der Waals surface area (Å²) in [6.07, 6.45) is 2.68. The van der Waals surface area contributed by atoms with Crippen molar-refractivity contribution in [1.82, 2.24) is 10.6 Å². The van der Waals surface area contributed by atoms with Crippen molar-refractivity contribution >= 4 is 18.0 Å². The van der Waals surface area contributed by atoms with Crippen LogP contribution in [-0.2, 0) is 14.3 Å². The molecule has 2 aromatic rings. The first kappa shape index (κ1) is 23.4. The molecule has 1 spiro atoms. The lowest BCUT2D eigenvalue weighted by molar-refractivity contribution is -0.150. The highest BCUT2D eigenvalue weighted by molar-refractivity contribution is 5.93. The minimum absolute atomic E-state index is 0.0647. The lowest BCUT2D eigenvalue weighted by Crippen LogP contribution is -2.58. The van der Waals surface area contributed by atoms with Crippen molar-refractivity contribution in [2.45, 2.75) is 44.1 Å². The van der Waals surface area contributed by atoms with Crippen LogP contribution in [0.1, 0.15) is 49.7 Å². The maximum Gasteiger partial charge on any atom is 0.407 e. The number of nitrogens with one attached hydrogen (secondary N) is 2. The number of benzene rings is 2. The molecule has 5 rings (SSSR count). The number of carboxylic acids is 1. The molecule has 0 radical (unpaired) electrons. The van der Waals surface area contributed by atoms with Crippen molar-refractivity contribution in [2.24, 2.45) is 10.8 Å². The van der Waals surface area contributed by atoms with E-state index >= 15 is 0 Å². The van der Waals surface area contributed by atoms with Gasteiger partial charge in [0.2, 0.25) is 5.91 Å². The first-order valence-corrected chi connectivity index (χ1v) is 12.0. The third-order valence-electron chi connectivity index (χ3n) is 8.33. The van der Waals surface area contributed by atoms with E-state index in [0.717, 1.165) is 41.5 Å². The highest BCUT2D eigenvalue weighted by atomic mass is 16.5. The van der Waals surface area contributed by atoms with Crippen molar-refractivity contribution in [3.63, 3.8) is 0 Å². The monoisotopic (exact) mass is 478 g/mol. The number of aliphatic carboxylic acids is 1. The van der Waals surface area contributed by atoms with Crippen molar-refractivity contribution in [3.8, 4) is 11.1 Å². The third-order valence-corrected chi connectivity index (χ3v) is 8.33. The summed E-state index contributed by atoms with van der Waals surface area (Å²) in [4.78, 5) is 37.4. The topological polar surface area (TPSA) is 125 Å². The molecular formula is C27H30N2O6. The van der Waals surface area contributed by atoms with Gasteiger partial charge in [0.1, 0.15) is 6.61 Å². The number of ether oxygens (including phenoxy) is 1. The van der Waals surface area contributed by atoms with Gasteiger partial charge in [0, 0.05) is 12.5 Å². The number of aliphatic hydroxyl groups is 1. The van der Waals surface area contributed by atoms with E-state index in [0.29, 0.717) is 6.42 Å². The predicted molar refractivity (Wildman–Crippen MR) is 128 cm³/mol. The zero-order valence-corrected chi connectivity index (χ0v) is 19.7. The summed E-state index contributed by atoms with van der Waals surface area (Å²) in [5.41, 5.74) is 1.63. The Bertz CT molecular complexity index is 1150. The molecule has 3 aliphatic rings. The minimum atomic E-state index is -1.78. The molecule has 0 aromatic heterocycles. The zero-order valence-electron chi connectivity index (χ0n) is 19.7. The van der Waals surface area contributed by atoms with Gasteiger partial charge >= 0.3 is 12.1 Å². The number of aliphatic hydroxyl groups excluding tert-OH is 1. The van der Waals surface area contributed by atoms with Gasteiger partial charge in [-0.05, 0) is 53.9 Å². The van der Waals surface area contributed by atoms with Gasteiger partial charge in [-0.3, -0.25) is 4.79 Å². The fraction of sp³-hybridized carbons (Fsp3) is 0.444. The molecule has 0 saturated heterocycles. The normalized spacial score (nSPS) is 22.8. The highest BCUT2D eigenvalue weighted by Gasteiger charge is 2.73. The Morgan fingerprint density at radius 2 is 1.66 bits per heavy atom. The molecule has 0 aliphatic heterocycles. The van der Waals surface area contributed by atoms with Crippen LogP contribution >= 0.6 is 0 Å². The number of hydrogen-bond donors (Lipinski definition) is 4. The average Bonchev–Trinajstić information content (AvgIpc) is 3.46. The second-order valence-electron chi connectivity index (χ2n) is 10.3. The number of alkyl carbamates (subject to hydrolysis) is 1. The molecule has 0 heterocycles. The molecule has 3 aliphatic carbocycles. The molecule has 2 fully saturated rings. The first-order valence-electron chi connectivity index (χ1n) is 12.0. The molecule has 2 amide bonds. The van der Waals surface area contributed by atoms with E-state index in [4.69, 9.17) is 4.74 Å². The molecule has 4 N–H and O–H groups in total. The van der Waals surface area contributed by atoms with Crippen LogP contribution in [0.25, 0.3) is 11.1 Å². The molecular weight excluding hydrogens is 448 g/mol. The smallest absolute Gasteiger partial charge is 0.407 e. The van der Waals surface area contributed by atoms with E-state index in [9.17, 15) is 24.6 Å². The molecule has 2 unspecified atom stereocenters. The Hall–Kier alpha value is -3.39. The quantitative estimate of drug-likeness (QED) is 0.462. The molecule has 2 aromatic carbocycles. The second-order valence-corrected chi connectivity index (χ2v) is 10.3. The number of hydrogen-bond acceptors (Lipinski definition) is 5. The Morgan fingerprint density at radius 1 is 1.06 bits per heavy atom. The summed E-state index contributed by atoms with van der Waals surface area (Å²) < 4.78 is 5.61. The summed E-state index contributed by atoms with van der Waals surface area (Å²) in [5.74, 6) is -1.82. The van der Waals surface area contributed by atoms with Gasteiger partial charge in [-0.25, -0.2) is 9.59 Å². The Labute approximate surface area is 203 Å². The average molecular weight is 479 g/mol. The fourth-order valence-corrected chi connectivity index (χ4v) is 5.85. The van der Waals surface area contributed by atoms with Crippen molar-refractivity contribution in [2.75, 3.05) is 19.8 Å². The summed E-state index contributed by atoms with van der Waals surface area (Å²) in [6, 6.07) is 16.2.